The standard InChI is InChI=1S/C36H62O7/c1-3-5-7-9-11-12-13-14-16-22-28-36(41)43-34(30-37)31-42-35(40)29-23-27-33(39)26-21-18-17-20-25-32(38)24-19-15-10-8-6-4-2/h15,17-21,25-26,32-34,37-39H,3-14,16,22-24,27-31H2,1-2H3/b18-17+,19-15-,25-20+,26-21-/t32-,33-,34+/m1/s1. The van der Waals surface area contributed by atoms with Gasteiger partial charge in [0.25, 0.3) is 0 Å². The molecule has 0 bridgehead atoms. The maximum Gasteiger partial charge on any atom is 0.306 e. The number of allylic oxidation sites excluding steroid dienone is 5. The third-order valence-electron chi connectivity index (χ3n) is 7.07. The van der Waals surface area contributed by atoms with Gasteiger partial charge in [-0.2, -0.15) is 0 Å². The van der Waals surface area contributed by atoms with Crippen LogP contribution in [0.5, 0.6) is 0 Å². The summed E-state index contributed by atoms with van der Waals surface area (Å²) in [4.78, 5) is 24.1. The van der Waals surface area contributed by atoms with Crippen LogP contribution < -0.4 is 0 Å². The van der Waals surface area contributed by atoms with Crippen molar-refractivity contribution in [2.75, 3.05) is 13.2 Å². The molecule has 3 N–H and O–H groups in total. The van der Waals surface area contributed by atoms with Crippen LogP contribution >= 0.6 is 0 Å². The van der Waals surface area contributed by atoms with E-state index in [9.17, 15) is 24.9 Å². The van der Waals surface area contributed by atoms with E-state index in [0.29, 0.717) is 25.7 Å². The number of ether oxygens (including phenoxy) is 2. The number of esters is 2. The van der Waals surface area contributed by atoms with Crippen molar-refractivity contribution in [3.05, 3.63) is 48.6 Å². The SMILES string of the molecule is CCCCC/C=C\C[C@@H](O)/C=C/C=C/C=C\[C@@H](O)CCCC(=O)OC[C@H](CO)OC(=O)CCCCCCCCCCCC. The zero-order valence-corrected chi connectivity index (χ0v) is 27.2. The largest absolute Gasteiger partial charge is 0.462 e. The van der Waals surface area contributed by atoms with Gasteiger partial charge in [0, 0.05) is 12.8 Å². The Morgan fingerprint density at radius 1 is 0.651 bits per heavy atom. The Labute approximate surface area is 262 Å². The molecule has 0 aromatic heterocycles. The number of unbranched alkanes of at least 4 members (excludes halogenated alkanes) is 12. The Kier molecular flexibility index (Phi) is 29.6. The van der Waals surface area contributed by atoms with Gasteiger partial charge in [0.2, 0.25) is 0 Å². The van der Waals surface area contributed by atoms with Crippen LogP contribution in [-0.4, -0.2) is 58.8 Å². The quantitative estimate of drug-likeness (QED) is 0.0344. The van der Waals surface area contributed by atoms with Crippen LogP contribution in [0.25, 0.3) is 0 Å². The molecule has 0 fully saturated rings. The van der Waals surface area contributed by atoms with Gasteiger partial charge in [-0.15, -0.1) is 0 Å². The van der Waals surface area contributed by atoms with Crippen LogP contribution in [-0.2, 0) is 19.1 Å². The highest BCUT2D eigenvalue weighted by molar-refractivity contribution is 5.70. The van der Waals surface area contributed by atoms with E-state index in [2.05, 4.69) is 19.9 Å². The number of aliphatic hydroxyl groups excluding tert-OH is 3. The van der Waals surface area contributed by atoms with Gasteiger partial charge in [-0.25, -0.2) is 0 Å². The van der Waals surface area contributed by atoms with Gasteiger partial charge in [-0.05, 0) is 38.5 Å². The Balaban J connectivity index is 3.92. The molecule has 0 aromatic carbocycles. The second-order valence-electron chi connectivity index (χ2n) is 11.3. The minimum absolute atomic E-state index is 0.124. The van der Waals surface area contributed by atoms with Crippen molar-refractivity contribution < 1.29 is 34.4 Å². The molecule has 0 aliphatic rings. The molecule has 7 heteroatoms. The van der Waals surface area contributed by atoms with Crippen LogP contribution in [0.3, 0.4) is 0 Å². The molecule has 0 heterocycles. The summed E-state index contributed by atoms with van der Waals surface area (Å²) in [6.45, 7) is 3.82. The number of carbonyl (C=O) groups is 2. The molecule has 0 rings (SSSR count). The summed E-state index contributed by atoms with van der Waals surface area (Å²) in [7, 11) is 0. The monoisotopic (exact) mass is 606 g/mol. The zero-order chi connectivity index (χ0) is 31.8. The van der Waals surface area contributed by atoms with Crippen LogP contribution in [0.2, 0.25) is 0 Å². The van der Waals surface area contributed by atoms with Gasteiger partial charge in [-0.1, -0.05) is 133 Å². The first-order chi connectivity index (χ1) is 20.9. The molecule has 0 radical (unpaired) electrons. The average Bonchev–Trinajstić information content (AvgIpc) is 2.99. The van der Waals surface area contributed by atoms with E-state index >= 15 is 0 Å². The van der Waals surface area contributed by atoms with Crippen LogP contribution in [0.4, 0.5) is 0 Å². The van der Waals surface area contributed by atoms with E-state index < -0.39 is 30.9 Å². The van der Waals surface area contributed by atoms with E-state index in [1.165, 1.54) is 64.2 Å². The van der Waals surface area contributed by atoms with E-state index in [0.717, 1.165) is 25.7 Å². The summed E-state index contributed by atoms with van der Waals surface area (Å²) in [5.74, 6) is -0.838. The van der Waals surface area contributed by atoms with Gasteiger partial charge in [-0.3, -0.25) is 9.59 Å². The summed E-state index contributed by atoms with van der Waals surface area (Å²) in [6, 6.07) is 0. The first-order valence-electron chi connectivity index (χ1n) is 16.9. The molecule has 0 spiro atoms. The highest BCUT2D eigenvalue weighted by atomic mass is 16.6. The maximum atomic E-state index is 12.1. The molecule has 0 aromatic rings. The lowest BCUT2D eigenvalue weighted by molar-refractivity contribution is -0.161. The van der Waals surface area contributed by atoms with Crippen molar-refractivity contribution in [1.82, 2.24) is 0 Å². The molecular weight excluding hydrogens is 544 g/mol. The lowest BCUT2D eigenvalue weighted by Crippen LogP contribution is -2.28. The summed E-state index contributed by atoms with van der Waals surface area (Å²) in [5.41, 5.74) is 0. The maximum absolute atomic E-state index is 12.1. The van der Waals surface area contributed by atoms with Gasteiger partial charge in [0.1, 0.15) is 6.61 Å². The number of aliphatic hydroxyl groups is 3. The number of hydrogen-bond donors (Lipinski definition) is 3. The second-order valence-corrected chi connectivity index (χ2v) is 11.3. The predicted octanol–water partition coefficient (Wildman–Crippen LogP) is 7.83. The molecule has 0 unspecified atom stereocenters. The Morgan fingerprint density at radius 2 is 1.21 bits per heavy atom. The number of hydrogen-bond acceptors (Lipinski definition) is 7. The van der Waals surface area contributed by atoms with Crippen LogP contribution in [0.1, 0.15) is 136 Å². The molecular formula is C36H62O7. The third-order valence-corrected chi connectivity index (χ3v) is 7.07. The molecule has 3 atom stereocenters. The first kappa shape index (κ1) is 40.8. The fourth-order valence-electron chi connectivity index (χ4n) is 4.39. The van der Waals surface area contributed by atoms with Crippen molar-refractivity contribution in [1.29, 1.82) is 0 Å². The minimum Gasteiger partial charge on any atom is -0.462 e. The fraction of sp³-hybridized carbons (Fsp3) is 0.722. The van der Waals surface area contributed by atoms with Gasteiger partial charge in [0.15, 0.2) is 6.10 Å². The molecule has 248 valence electrons. The highest BCUT2D eigenvalue weighted by Crippen LogP contribution is 2.12. The van der Waals surface area contributed by atoms with Crippen LogP contribution in [0, 0.1) is 0 Å². The predicted molar refractivity (Wildman–Crippen MR) is 176 cm³/mol. The van der Waals surface area contributed by atoms with E-state index in [1.807, 2.05) is 6.08 Å². The summed E-state index contributed by atoms with van der Waals surface area (Å²) in [6.07, 6.45) is 30.9. The van der Waals surface area contributed by atoms with E-state index in [-0.39, 0.29) is 19.0 Å². The number of carbonyl (C=O) groups excluding carboxylic acids is 2. The minimum atomic E-state index is -0.859. The van der Waals surface area contributed by atoms with E-state index in [4.69, 9.17) is 9.47 Å². The molecule has 0 saturated heterocycles. The van der Waals surface area contributed by atoms with Crippen molar-refractivity contribution in [2.45, 2.75) is 154 Å². The molecule has 7 nitrogen and oxygen atoms in total. The third kappa shape index (κ3) is 29.6. The molecule has 0 amide bonds. The lowest BCUT2D eigenvalue weighted by Gasteiger charge is -2.16. The Morgan fingerprint density at radius 3 is 1.84 bits per heavy atom. The van der Waals surface area contributed by atoms with Gasteiger partial charge in [0.05, 0.1) is 18.8 Å². The second kappa shape index (κ2) is 31.2. The van der Waals surface area contributed by atoms with Crippen molar-refractivity contribution in [2.24, 2.45) is 0 Å². The van der Waals surface area contributed by atoms with Crippen LogP contribution in [0.15, 0.2) is 48.6 Å². The highest BCUT2D eigenvalue weighted by Gasteiger charge is 2.16. The lowest BCUT2D eigenvalue weighted by atomic mass is 10.1. The zero-order valence-electron chi connectivity index (χ0n) is 27.2. The fourth-order valence-corrected chi connectivity index (χ4v) is 4.39. The topological polar surface area (TPSA) is 113 Å². The average molecular weight is 607 g/mol. The van der Waals surface area contributed by atoms with Crippen molar-refractivity contribution in [3.8, 4) is 0 Å². The Hall–Kier alpha value is -2.22. The van der Waals surface area contributed by atoms with E-state index in [1.54, 1.807) is 36.5 Å². The summed E-state index contributed by atoms with van der Waals surface area (Å²) in [5, 5.41) is 29.5. The van der Waals surface area contributed by atoms with Gasteiger partial charge >= 0.3 is 11.9 Å². The smallest absolute Gasteiger partial charge is 0.306 e. The summed E-state index contributed by atoms with van der Waals surface area (Å²) < 4.78 is 10.4. The van der Waals surface area contributed by atoms with Crippen molar-refractivity contribution in [3.63, 3.8) is 0 Å². The Bertz CT molecular complexity index is 772. The van der Waals surface area contributed by atoms with Crippen molar-refractivity contribution >= 4 is 11.9 Å². The first-order valence-corrected chi connectivity index (χ1v) is 16.9. The summed E-state index contributed by atoms with van der Waals surface area (Å²) >= 11 is 0. The molecule has 0 saturated carbocycles. The molecule has 0 aliphatic heterocycles. The van der Waals surface area contributed by atoms with Gasteiger partial charge < -0.3 is 24.8 Å². The molecule has 43 heavy (non-hydrogen) atoms. The number of rotatable bonds is 29. The molecule has 0 aliphatic carbocycles. The normalized spacial score (nSPS) is 14.3.